The number of H-pyrrole nitrogens is 1. The molecule has 6 heteroatoms. The van der Waals surface area contributed by atoms with Crippen molar-refractivity contribution in [1.82, 2.24) is 19.7 Å². The molecule has 0 bridgehead atoms. The van der Waals surface area contributed by atoms with Crippen molar-refractivity contribution in [3.8, 4) is 0 Å². The van der Waals surface area contributed by atoms with Gasteiger partial charge in [0.2, 0.25) is 5.91 Å². The fourth-order valence-corrected chi connectivity index (χ4v) is 2.68. The van der Waals surface area contributed by atoms with E-state index in [2.05, 4.69) is 38.9 Å². The zero-order valence-electron chi connectivity index (χ0n) is 11.3. The second-order valence-electron chi connectivity index (χ2n) is 5.20. The molecule has 1 atom stereocenters. The lowest BCUT2D eigenvalue weighted by Crippen LogP contribution is -2.25. The molecule has 19 heavy (non-hydrogen) atoms. The van der Waals surface area contributed by atoms with Gasteiger partial charge in [-0.05, 0) is 20.8 Å². The van der Waals surface area contributed by atoms with E-state index < -0.39 is 0 Å². The predicted molar refractivity (Wildman–Crippen MR) is 71.0 cm³/mol. The molecule has 2 aromatic rings. The van der Waals surface area contributed by atoms with Crippen LogP contribution in [-0.2, 0) is 4.79 Å². The van der Waals surface area contributed by atoms with Crippen LogP contribution in [0, 0.1) is 6.92 Å². The van der Waals surface area contributed by atoms with Crippen molar-refractivity contribution in [2.24, 2.45) is 0 Å². The van der Waals surface area contributed by atoms with E-state index in [1.165, 1.54) is 0 Å². The third-order valence-corrected chi connectivity index (χ3v) is 3.56. The Balaban J connectivity index is 2.12. The molecule has 0 radical (unpaired) electrons. The summed E-state index contributed by atoms with van der Waals surface area (Å²) in [5, 5.41) is 9.89. The molecule has 0 saturated carbocycles. The van der Waals surface area contributed by atoms with E-state index in [1.807, 2.05) is 13.1 Å². The summed E-state index contributed by atoms with van der Waals surface area (Å²) < 4.78 is 2.11. The first kappa shape index (κ1) is 12.0. The molecule has 0 aliphatic carbocycles. The van der Waals surface area contributed by atoms with E-state index in [4.69, 9.17) is 0 Å². The molecule has 3 heterocycles. The highest BCUT2D eigenvalue weighted by atomic mass is 16.1. The van der Waals surface area contributed by atoms with Gasteiger partial charge in [0.1, 0.15) is 5.82 Å². The maximum atomic E-state index is 11.8. The molecule has 0 unspecified atom stereocenters. The molecule has 0 spiro atoms. The quantitative estimate of drug-likeness (QED) is 0.865. The van der Waals surface area contributed by atoms with Gasteiger partial charge < -0.3 is 9.88 Å². The van der Waals surface area contributed by atoms with Crippen molar-refractivity contribution < 1.29 is 4.79 Å². The lowest BCUT2D eigenvalue weighted by molar-refractivity contribution is -0.116. The number of hydrogen-bond acceptors (Lipinski definition) is 3. The van der Waals surface area contributed by atoms with Crippen molar-refractivity contribution in [3.63, 3.8) is 0 Å². The minimum Gasteiger partial charge on any atom is -0.332 e. The Kier molecular flexibility index (Phi) is 2.66. The number of aromatic nitrogens is 4. The minimum absolute atomic E-state index is 0.0118. The fraction of sp³-hybridized carbons (Fsp3) is 0.462. The fourth-order valence-electron chi connectivity index (χ4n) is 2.68. The van der Waals surface area contributed by atoms with E-state index in [9.17, 15) is 4.79 Å². The molecule has 0 aromatic carbocycles. The number of hydrogen-bond donors (Lipinski definition) is 2. The summed E-state index contributed by atoms with van der Waals surface area (Å²) in [4.78, 5) is 16.3. The maximum Gasteiger partial charge on any atom is 0.226 e. The van der Waals surface area contributed by atoms with Gasteiger partial charge in [-0.25, -0.2) is 4.98 Å². The molecule has 100 valence electrons. The molecule has 0 fully saturated rings. The normalized spacial score (nSPS) is 18.5. The van der Waals surface area contributed by atoms with Gasteiger partial charge in [-0.1, -0.05) is 0 Å². The maximum absolute atomic E-state index is 11.8. The molecule has 1 amide bonds. The zero-order chi connectivity index (χ0) is 13.6. The summed E-state index contributed by atoms with van der Waals surface area (Å²) >= 11 is 0. The van der Waals surface area contributed by atoms with Crippen LogP contribution in [0.4, 0.5) is 5.82 Å². The minimum atomic E-state index is -0.0279. The number of anilines is 1. The van der Waals surface area contributed by atoms with Crippen LogP contribution in [-0.4, -0.2) is 25.7 Å². The van der Waals surface area contributed by atoms with Gasteiger partial charge >= 0.3 is 0 Å². The van der Waals surface area contributed by atoms with E-state index in [0.717, 1.165) is 17.1 Å². The highest BCUT2D eigenvalue weighted by Crippen LogP contribution is 2.37. The van der Waals surface area contributed by atoms with Gasteiger partial charge in [-0.3, -0.25) is 9.89 Å². The largest absolute Gasteiger partial charge is 0.332 e. The number of carbonyl (C=O) groups excluding carboxylic acids is 1. The van der Waals surface area contributed by atoms with Crippen molar-refractivity contribution in [2.45, 2.75) is 39.2 Å². The highest BCUT2D eigenvalue weighted by Gasteiger charge is 2.33. The highest BCUT2D eigenvalue weighted by molar-refractivity contribution is 5.94. The molecule has 1 aliphatic heterocycles. The van der Waals surface area contributed by atoms with Crippen molar-refractivity contribution >= 4 is 11.7 Å². The number of aryl methyl sites for hydroxylation is 1. The van der Waals surface area contributed by atoms with Gasteiger partial charge in [-0.2, -0.15) is 5.10 Å². The third kappa shape index (κ3) is 1.83. The van der Waals surface area contributed by atoms with Gasteiger partial charge in [-0.15, -0.1) is 0 Å². The number of fused-ring (bicyclic) bond motifs is 1. The van der Waals surface area contributed by atoms with Crippen LogP contribution in [0.25, 0.3) is 0 Å². The monoisotopic (exact) mass is 259 g/mol. The Morgan fingerprint density at radius 3 is 3.00 bits per heavy atom. The molecular weight excluding hydrogens is 242 g/mol. The Bertz CT molecular complexity index is 625. The standard InChI is InChI=1S/C13H17N5O/c1-7(2)18-5-4-14-13(18)9-6-10(19)15-12-11(9)8(3)16-17-12/h4-5,7,9H,6H2,1-3H3,(H2,15,16,17,19)/t9-/m1/s1. The van der Waals surface area contributed by atoms with E-state index in [1.54, 1.807) is 6.20 Å². The SMILES string of the molecule is Cc1[nH]nc2c1[C@H](c1nccn1C(C)C)CC(=O)N2. The van der Waals surface area contributed by atoms with Gasteiger partial charge in [0.15, 0.2) is 5.82 Å². The Morgan fingerprint density at radius 2 is 2.26 bits per heavy atom. The summed E-state index contributed by atoms with van der Waals surface area (Å²) in [6, 6.07) is 0.318. The average Bonchev–Trinajstić information content (AvgIpc) is 2.95. The van der Waals surface area contributed by atoms with E-state index >= 15 is 0 Å². The van der Waals surface area contributed by atoms with Crippen LogP contribution in [0.1, 0.15) is 49.3 Å². The summed E-state index contributed by atoms with van der Waals surface area (Å²) in [5.74, 6) is 1.52. The van der Waals surface area contributed by atoms with Crippen molar-refractivity contribution in [2.75, 3.05) is 5.32 Å². The van der Waals surface area contributed by atoms with Gasteiger partial charge in [0.25, 0.3) is 0 Å². The smallest absolute Gasteiger partial charge is 0.226 e. The first-order valence-corrected chi connectivity index (χ1v) is 6.45. The molecule has 2 N–H and O–H groups in total. The summed E-state index contributed by atoms with van der Waals surface area (Å²) in [6.45, 7) is 6.19. The summed E-state index contributed by atoms with van der Waals surface area (Å²) in [5.41, 5.74) is 2.03. The average molecular weight is 259 g/mol. The topological polar surface area (TPSA) is 75.6 Å². The van der Waals surface area contributed by atoms with Crippen LogP contribution in [0.3, 0.4) is 0 Å². The van der Waals surface area contributed by atoms with Crippen LogP contribution in [0.2, 0.25) is 0 Å². The molecule has 2 aromatic heterocycles. The molecule has 3 rings (SSSR count). The number of amides is 1. The van der Waals surface area contributed by atoms with Gasteiger partial charge in [0, 0.05) is 36.1 Å². The second kappa shape index (κ2) is 4.22. The Hall–Kier alpha value is -2.11. The number of imidazole rings is 1. The molecule has 0 saturated heterocycles. The first-order valence-electron chi connectivity index (χ1n) is 6.45. The lowest BCUT2D eigenvalue weighted by Gasteiger charge is -2.24. The molecule has 6 nitrogen and oxygen atoms in total. The number of aromatic amines is 1. The van der Waals surface area contributed by atoms with Crippen LogP contribution in [0.15, 0.2) is 12.4 Å². The number of nitrogens with zero attached hydrogens (tertiary/aromatic N) is 3. The van der Waals surface area contributed by atoms with Crippen LogP contribution >= 0.6 is 0 Å². The number of rotatable bonds is 2. The summed E-state index contributed by atoms with van der Waals surface area (Å²) in [7, 11) is 0. The van der Waals surface area contributed by atoms with Gasteiger partial charge in [0.05, 0.1) is 5.92 Å². The second-order valence-corrected chi connectivity index (χ2v) is 5.20. The Labute approximate surface area is 111 Å². The van der Waals surface area contributed by atoms with Crippen molar-refractivity contribution in [1.29, 1.82) is 0 Å². The number of carbonyl (C=O) groups is 1. The van der Waals surface area contributed by atoms with Crippen molar-refractivity contribution in [3.05, 3.63) is 29.5 Å². The lowest BCUT2D eigenvalue weighted by atomic mass is 9.91. The molecule has 1 aliphatic rings. The molecular formula is C13H17N5O. The number of nitrogens with one attached hydrogen (secondary N) is 2. The summed E-state index contributed by atoms with van der Waals surface area (Å²) in [6.07, 6.45) is 4.16. The van der Waals surface area contributed by atoms with Crippen LogP contribution in [0.5, 0.6) is 0 Å². The Morgan fingerprint density at radius 1 is 1.47 bits per heavy atom. The first-order chi connectivity index (χ1) is 9.08. The predicted octanol–water partition coefficient (Wildman–Crippen LogP) is 1.97. The van der Waals surface area contributed by atoms with E-state index in [0.29, 0.717) is 18.3 Å². The van der Waals surface area contributed by atoms with E-state index in [-0.39, 0.29) is 11.8 Å². The van der Waals surface area contributed by atoms with Crippen LogP contribution < -0.4 is 5.32 Å². The zero-order valence-corrected chi connectivity index (χ0v) is 11.3. The third-order valence-electron chi connectivity index (χ3n) is 3.56.